The van der Waals surface area contributed by atoms with E-state index in [1.54, 1.807) is 0 Å². The van der Waals surface area contributed by atoms with Crippen molar-refractivity contribution in [2.24, 2.45) is 11.3 Å². The summed E-state index contributed by atoms with van der Waals surface area (Å²) in [5.74, 6) is 0.591. The predicted molar refractivity (Wildman–Crippen MR) is 43.4 cm³/mol. The highest BCUT2D eigenvalue weighted by Gasteiger charge is 2.43. The summed E-state index contributed by atoms with van der Waals surface area (Å²) in [7, 11) is 0. The SMILES string of the molecule is N#CC1(C2CC2)[CH]C=CC=C1. The molecule has 0 aromatic rings. The van der Waals surface area contributed by atoms with Crippen molar-refractivity contribution in [2.75, 3.05) is 0 Å². The molecule has 0 heterocycles. The van der Waals surface area contributed by atoms with Crippen molar-refractivity contribution < 1.29 is 0 Å². The molecule has 2 aliphatic carbocycles. The summed E-state index contributed by atoms with van der Waals surface area (Å²) in [6.07, 6.45) is 12.4. The molecule has 1 heteroatoms. The minimum atomic E-state index is -0.255. The Labute approximate surface area is 67.0 Å². The Morgan fingerprint density at radius 3 is 2.55 bits per heavy atom. The minimum absolute atomic E-state index is 0.255. The lowest BCUT2D eigenvalue weighted by molar-refractivity contribution is 0.521. The molecule has 55 valence electrons. The first-order valence-corrected chi connectivity index (χ1v) is 3.99. The highest BCUT2D eigenvalue weighted by molar-refractivity contribution is 5.34. The Morgan fingerprint density at radius 1 is 1.27 bits per heavy atom. The fourth-order valence-corrected chi connectivity index (χ4v) is 1.55. The van der Waals surface area contributed by atoms with Gasteiger partial charge in [-0.05, 0) is 18.8 Å². The van der Waals surface area contributed by atoms with Crippen molar-refractivity contribution in [3.63, 3.8) is 0 Å². The van der Waals surface area contributed by atoms with Crippen molar-refractivity contribution in [3.8, 4) is 6.07 Å². The largest absolute Gasteiger partial charge is 0.197 e. The lowest BCUT2D eigenvalue weighted by atomic mass is 9.78. The van der Waals surface area contributed by atoms with E-state index in [0.29, 0.717) is 5.92 Å². The fourth-order valence-electron chi connectivity index (χ4n) is 1.55. The third-order valence-electron chi connectivity index (χ3n) is 2.41. The molecule has 0 amide bonds. The van der Waals surface area contributed by atoms with Gasteiger partial charge in [0.2, 0.25) is 0 Å². The second kappa shape index (κ2) is 2.23. The van der Waals surface area contributed by atoms with Gasteiger partial charge in [0.1, 0.15) is 0 Å². The van der Waals surface area contributed by atoms with Crippen molar-refractivity contribution >= 4 is 0 Å². The van der Waals surface area contributed by atoms with Gasteiger partial charge in [0.25, 0.3) is 0 Å². The van der Waals surface area contributed by atoms with Crippen molar-refractivity contribution in [3.05, 3.63) is 30.7 Å². The normalized spacial score (nSPS) is 35.2. The number of nitrogens with zero attached hydrogens (tertiary/aromatic N) is 1. The molecule has 1 atom stereocenters. The number of nitriles is 1. The zero-order valence-corrected chi connectivity index (χ0v) is 6.33. The second-order valence-corrected chi connectivity index (χ2v) is 3.23. The number of hydrogen-bond acceptors (Lipinski definition) is 1. The van der Waals surface area contributed by atoms with E-state index < -0.39 is 0 Å². The lowest BCUT2D eigenvalue weighted by Gasteiger charge is -2.21. The van der Waals surface area contributed by atoms with Crippen LogP contribution in [0.25, 0.3) is 0 Å². The van der Waals surface area contributed by atoms with E-state index in [2.05, 4.69) is 6.07 Å². The molecule has 11 heavy (non-hydrogen) atoms. The molecule has 1 nitrogen and oxygen atoms in total. The number of rotatable bonds is 1. The van der Waals surface area contributed by atoms with Crippen LogP contribution in [-0.4, -0.2) is 0 Å². The van der Waals surface area contributed by atoms with Crippen LogP contribution in [0.15, 0.2) is 24.3 Å². The van der Waals surface area contributed by atoms with Gasteiger partial charge in [-0.1, -0.05) is 24.3 Å². The maximum atomic E-state index is 8.99. The molecule has 0 spiro atoms. The summed E-state index contributed by atoms with van der Waals surface area (Å²) in [5, 5.41) is 8.99. The maximum Gasteiger partial charge on any atom is 0.0853 e. The minimum Gasteiger partial charge on any atom is -0.197 e. The van der Waals surface area contributed by atoms with Crippen LogP contribution in [0.4, 0.5) is 0 Å². The average Bonchev–Trinajstić information content (AvgIpc) is 2.88. The molecule has 1 saturated carbocycles. The Hall–Kier alpha value is -1.03. The van der Waals surface area contributed by atoms with Crippen LogP contribution in [0.1, 0.15) is 12.8 Å². The zero-order valence-electron chi connectivity index (χ0n) is 6.33. The quantitative estimate of drug-likeness (QED) is 0.553. The molecule has 0 saturated heterocycles. The molecule has 1 fully saturated rings. The van der Waals surface area contributed by atoms with E-state index in [1.807, 2.05) is 30.7 Å². The Morgan fingerprint density at radius 2 is 2.09 bits per heavy atom. The molecule has 2 aliphatic rings. The Bertz CT molecular complexity index is 253. The summed E-state index contributed by atoms with van der Waals surface area (Å²) >= 11 is 0. The molecular formula is C10H10N. The van der Waals surface area contributed by atoms with E-state index in [1.165, 1.54) is 12.8 Å². The topological polar surface area (TPSA) is 23.8 Å². The van der Waals surface area contributed by atoms with E-state index in [4.69, 9.17) is 5.26 Å². The molecule has 0 bridgehead atoms. The van der Waals surface area contributed by atoms with Crippen molar-refractivity contribution in [2.45, 2.75) is 12.8 Å². The molecule has 0 aromatic carbocycles. The summed E-state index contributed by atoms with van der Waals surface area (Å²) in [5.41, 5.74) is -0.255. The molecule has 0 aromatic heterocycles. The first-order valence-electron chi connectivity index (χ1n) is 3.99. The van der Waals surface area contributed by atoms with Crippen LogP contribution in [0.2, 0.25) is 0 Å². The molecule has 1 radical (unpaired) electrons. The average molecular weight is 144 g/mol. The van der Waals surface area contributed by atoms with Gasteiger partial charge in [-0.2, -0.15) is 5.26 Å². The van der Waals surface area contributed by atoms with Crippen LogP contribution in [0.3, 0.4) is 0 Å². The van der Waals surface area contributed by atoms with Gasteiger partial charge in [-0.3, -0.25) is 0 Å². The van der Waals surface area contributed by atoms with Crippen molar-refractivity contribution in [1.29, 1.82) is 5.26 Å². The highest BCUT2D eigenvalue weighted by Crippen LogP contribution is 2.49. The van der Waals surface area contributed by atoms with Crippen LogP contribution >= 0.6 is 0 Å². The highest BCUT2D eigenvalue weighted by atomic mass is 14.5. The van der Waals surface area contributed by atoms with Gasteiger partial charge in [-0.15, -0.1) is 0 Å². The van der Waals surface area contributed by atoms with E-state index >= 15 is 0 Å². The van der Waals surface area contributed by atoms with Crippen LogP contribution in [-0.2, 0) is 0 Å². The van der Waals surface area contributed by atoms with E-state index in [0.717, 1.165) is 0 Å². The number of allylic oxidation sites excluding steroid dienone is 4. The summed E-state index contributed by atoms with van der Waals surface area (Å²) < 4.78 is 0. The summed E-state index contributed by atoms with van der Waals surface area (Å²) in [6, 6.07) is 2.39. The van der Waals surface area contributed by atoms with Gasteiger partial charge in [-0.25, -0.2) is 0 Å². The zero-order chi connectivity index (χ0) is 7.73. The molecule has 0 N–H and O–H groups in total. The van der Waals surface area contributed by atoms with E-state index in [-0.39, 0.29) is 5.41 Å². The van der Waals surface area contributed by atoms with Crippen LogP contribution < -0.4 is 0 Å². The standard InChI is InChI=1S/C10H10N/c11-8-10(9-4-5-9)6-2-1-3-7-10/h1-3,6-7,9H,4-5H2. The van der Waals surface area contributed by atoms with Gasteiger partial charge >= 0.3 is 0 Å². The summed E-state index contributed by atoms with van der Waals surface area (Å²) in [6.45, 7) is 0. The smallest absolute Gasteiger partial charge is 0.0853 e. The predicted octanol–water partition coefficient (Wildman–Crippen LogP) is 2.24. The van der Waals surface area contributed by atoms with Gasteiger partial charge in [0.05, 0.1) is 11.5 Å². The second-order valence-electron chi connectivity index (χ2n) is 3.23. The lowest BCUT2D eigenvalue weighted by Crippen LogP contribution is -2.19. The Balaban J connectivity index is 2.24. The van der Waals surface area contributed by atoms with E-state index in [9.17, 15) is 0 Å². The number of hydrogen-bond donors (Lipinski definition) is 0. The van der Waals surface area contributed by atoms with Crippen molar-refractivity contribution in [1.82, 2.24) is 0 Å². The van der Waals surface area contributed by atoms with Gasteiger partial charge in [0, 0.05) is 6.42 Å². The van der Waals surface area contributed by atoms with Gasteiger partial charge in [0.15, 0.2) is 0 Å². The molecular weight excluding hydrogens is 134 g/mol. The molecule has 1 unspecified atom stereocenters. The first-order chi connectivity index (χ1) is 5.37. The summed E-state index contributed by atoms with van der Waals surface area (Å²) in [4.78, 5) is 0. The van der Waals surface area contributed by atoms with Gasteiger partial charge < -0.3 is 0 Å². The Kier molecular flexibility index (Phi) is 1.35. The fraction of sp³-hybridized carbons (Fsp3) is 0.400. The molecule has 0 aliphatic heterocycles. The third kappa shape index (κ3) is 0.991. The molecule has 2 rings (SSSR count). The van der Waals surface area contributed by atoms with Crippen LogP contribution in [0.5, 0.6) is 0 Å². The monoisotopic (exact) mass is 144 g/mol. The van der Waals surface area contributed by atoms with Crippen LogP contribution in [0, 0.1) is 29.1 Å². The maximum absolute atomic E-state index is 8.99. The first kappa shape index (κ1) is 6.67. The third-order valence-corrected chi connectivity index (χ3v) is 2.41.